The van der Waals surface area contributed by atoms with E-state index in [1.807, 2.05) is 30.3 Å². The van der Waals surface area contributed by atoms with Gasteiger partial charge in [-0.25, -0.2) is 9.37 Å². The number of anilines is 1. The van der Waals surface area contributed by atoms with E-state index in [-0.39, 0.29) is 5.82 Å². The second-order valence-electron chi connectivity index (χ2n) is 3.83. The third-order valence-corrected chi connectivity index (χ3v) is 2.37. The SMILES string of the molecule is O=C(CF)Nc1cc(OCc2ccccc2)ccn1. The van der Waals surface area contributed by atoms with Gasteiger partial charge in [-0.3, -0.25) is 4.79 Å². The molecule has 19 heavy (non-hydrogen) atoms. The fourth-order valence-electron chi connectivity index (χ4n) is 1.49. The zero-order chi connectivity index (χ0) is 13.5. The highest BCUT2D eigenvalue weighted by Gasteiger charge is 2.03. The Hall–Kier alpha value is -2.43. The molecule has 0 atom stereocenters. The molecule has 0 unspecified atom stereocenters. The number of halogens is 1. The number of rotatable bonds is 5. The van der Waals surface area contributed by atoms with Gasteiger partial charge in [0.1, 0.15) is 18.2 Å². The molecule has 98 valence electrons. The van der Waals surface area contributed by atoms with E-state index in [9.17, 15) is 9.18 Å². The van der Waals surface area contributed by atoms with Crippen molar-refractivity contribution in [3.63, 3.8) is 0 Å². The van der Waals surface area contributed by atoms with E-state index >= 15 is 0 Å². The van der Waals surface area contributed by atoms with Crippen LogP contribution in [0.25, 0.3) is 0 Å². The number of nitrogens with zero attached hydrogens (tertiary/aromatic N) is 1. The van der Waals surface area contributed by atoms with Crippen molar-refractivity contribution in [2.24, 2.45) is 0 Å². The van der Waals surface area contributed by atoms with Gasteiger partial charge >= 0.3 is 0 Å². The average Bonchev–Trinajstić information content (AvgIpc) is 2.46. The van der Waals surface area contributed by atoms with Gasteiger partial charge in [-0.15, -0.1) is 0 Å². The molecule has 0 aliphatic rings. The third kappa shape index (κ3) is 4.06. The summed E-state index contributed by atoms with van der Waals surface area (Å²) in [6.45, 7) is -0.655. The number of carbonyl (C=O) groups is 1. The lowest BCUT2D eigenvalue weighted by Crippen LogP contribution is -2.14. The molecule has 4 nitrogen and oxygen atoms in total. The lowest BCUT2D eigenvalue weighted by Gasteiger charge is -2.07. The van der Waals surface area contributed by atoms with Crippen LogP contribution in [0.15, 0.2) is 48.7 Å². The number of pyridine rings is 1. The Labute approximate surface area is 110 Å². The second-order valence-corrected chi connectivity index (χ2v) is 3.83. The Kier molecular flexibility index (Phi) is 4.44. The number of benzene rings is 1. The maximum Gasteiger partial charge on any atom is 0.256 e. The topological polar surface area (TPSA) is 51.2 Å². The van der Waals surface area contributed by atoms with Gasteiger partial charge in [0.05, 0.1) is 0 Å². The minimum atomic E-state index is -1.07. The molecule has 1 amide bonds. The predicted octanol–water partition coefficient (Wildman–Crippen LogP) is 2.57. The monoisotopic (exact) mass is 260 g/mol. The highest BCUT2D eigenvalue weighted by atomic mass is 19.1. The standard InChI is InChI=1S/C14H13FN2O2/c15-9-14(18)17-13-8-12(6-7-16-13)19-10-11-4-2-1-3-5-11/h1-8H,9-10H2,(H,16,17,18). The van der Waals surface area contributed by atoms with E-state index in [1.165, 1.54) is 6.20 Å². The maximum absolute atomic E-state index is 12.1. The van der Waals surface area contributed by atoms with Crippen molar-refractivity contribution in [1.29, 1.82) is 0 Å². The van der Waals surface area contributed by atoms with Crippen LogP contribution in [-0.4, -0.2) is 17.6 Å². The summed E-state index contributed by atoms with van der Waals surface area (Å²) in [5.74, 6) is 0.105. The Morgan fingerprint density at radius 2 is 2.05 bits per heavy atom. The molecule has 5 heteroatoms. The van der Waals surface area contributed by atoms with Crippen LogP contribution in [0.4, 0.5) is 10.2 Å². The molecule has 0 aliphatic carbocycles. The smallest absolute Gasteiger partial charge is 0.256 e. The Balaban J connectivity index is 1.97. The molecule has 1 aromatic carbocycles. The molecule has 0 bridgehead atoms. The van der Waals surface area contributed by atoms with E-state index in [0.29, 0.717) is 12.4 Å². The van der Waals surface area contributed by atoms with Crippen LogP contribution in [0, 0.1) is 0 Å². The van der Waals surface area contributed by atoms with Crippen molar-refractivity contribution < 1.29 is 13.9 Å². The molecule has 0 aliphatic heterocycles. The number of alkyl halides is 1. The minimum absolute atomic E-state index is 0.271. The van der Waals surface area contributed by atoms with Crippen molar-refractivity contribution >= 4 is 11.7 Å². The first-order valence-corrected chi connectivity index (χ1v) is 5.76. The quantitative estimate of drug-likeness (QED) is 0.898. The summed E-state index contributed by atoms with van der Waals surface area (Å²) in [5, 5.41) is 2.33. The van der Waals surface area contributed by atoms with E-state index in [4.69, 9.17) is 4.74 Å². The number of aromatic nitrogens is 1. The molecule has 0 spiro atoms. The summed E-state index contributed by atoms with van der Waals surface area (Å²) >= 11 is 0. The molecule has 0 saturated carbocycles. The summed E-state index contributed by atoms with van der Waals surface area (Å²) in [7, 11) is 0. The van der Waals surface area contributed by atoms with Gasteiger partial charge in [-0.1, -0.05) is 30.3 Å². The Morgan fingerprint density at radius 3 is 2.79 bits per heavy atom. The molecular formula is C14H13FN2O2. The van der Waals surface area contributed by atoms with Crippen LogP contribution < -0.4 is 10.1 Å². The van der Waals surface area contributed by atoms with Crippen LogP contribution in [-0.2, 0) is 11.4 Å². The molecule has 1 N–H and O–H groups in total. The zero-order valence-corrected chi connectivity index (χ0v) is 10.2. The van der Waals surface area contributed by atoms with E-state index in [2.05, 4.69) is 10.3 Å². The Bertz CT molecular complexity index is 546. The fraction of sp³-hybridized carbons (Fsp3) is 0.143. The lowest BCUT2D eigenvalue weighted by atomic mass is 10.2. The number of carbonyl (C=O) groups excluding carboxylic acids is 1. The van der Waals surface area contributed by atoms with Crippen molar-refractivity contribution in [2.45, 2.75) is 6.61 Å². The largest absolute Gasteiger partial charge is 0.489 e. The first-order valence-electron chi connectivity index (χ1n) is 5.76. The zero-order valence-electron chi connectivity index (χ0n) is 10.2. The molecule has 1 aromatic heterocycles. The van der Waals surface area contributed by atoms with Crippen molar-refractivity contribution in [1.82, 2.24) is 4.98 Å². The van der Waals surface area contributed by atoms with E-state index in [0.717, 1.165) is 5.56 Å². The number of ether oxygens (including phenoxy) is 1. The lowest BCUT2D eigenvalue weighted by molar-refractivity contribution is -0.117. The average molecular weight is 260 g/mol. The van der Waals surface area contributed by atoms with Crippen LogP contribution >= 0.6 is 0 Å². The first kappa shape index (κ1) is 13.0. The van der Waals surface area contributed by atoms with Crippen LogP contribution in [0.3, 0.4) is 0 Å². The molecular weight excluding hydrogens is 247 g/mol. The van der Waals surface area contributed by atoms with Crippen LogP contribution in [0.5, 0.6) is 5.75 Å². The molecule has 0 saturated heterocycles. The minimum Gasteiger partial charge on any atom is -0.489 e. The van der Waals surface area contributed by atoms with E-state index < -0.39 is 12.6 Å². The van der Waals surface area contributed by atoms with Crippen LogP contribution in [0.1, 0.15) is 5.56 Å². The van der Waals surface area contributed by atoms with Crippen molar-refractivity contribution in [2.75, 3.05) is 12.0 Å². The summed E-state index contributed by atoms with van der Waals surface area (Å²) in [6, 6.07) is 12.9. The summed E-state index contributed by atoms with van der Waals surface area (Å²) in [4.78, 5) is 14.8. The van der Waals surface area contributed by atoms with Gasteiger partial charge < -0.3 is 10.1 Å². The van der Waals surface area contributed by atoms with Gasteiger partial charge in [0.15, 0.2) is 6.67 Å². The van der Waals surface area contributed by atoms with Gasteiger partial charge in [0.25, 0.3) is 5.91 Å². The molecule has 1 heterocycles. The van der Waals surface area contributed by atoms with Gasteiger partial charge in [0, 0.05) is 12.3 Å². The molecule has 0 fully saturated rings. The van der Waals surface area contributed by atoms with E-state index in [1.54, 1.807) is 12.1 Å². The van der Waals surface area contributed by atoms with Gasteiger partial charge in [0.2, 0.25) is 0 Å². The highest BCUT2D eigenvalue weighted by molar-refractivity contribution is 5.90. The first-order chi connectivity index (χ1) is 9.28. The normalized spacial score (nSPS) is 9.95. The summed E-state index contributed by atoms with van der Waals surface area (Å²) in [6.07, 6.45) is 1.49. The molecule has 2 rings (SSSR count). The van der Waals surface area contributed by atoms with Crippen molar-refractivity contribution in [3.05, 3.63) is 54.2 Å². The number of hydrogen-bond donors (Lipinski definition) is 1. The van der Waals surface area contributed by atoms with Gasteiger partial charge in [-0.05, 0) is 11.6 Å². The highest BCUT2D eigenvalue weighted by Crippen LogP contribution is 2.16. The van der Waals surface area contributed by atoms with Gasteiger partial charge in [-0.2, -0.15) is 0 Å². The van der Waals surface area contributed by atoms with Crippen LogP contribution in [0.2, 0.25) is 0 Å². The number of amides is 1. The Morgan fingerprint density at radius 1 is 1.26 bits per heavy atom. The third-order valence-electron chi connectivity index (χ3n) is 2.37. The predicted molar refractivity (Wildman–Crippen MR) is 69.6 cm³/mol. The summed E-state index contributed by atoms with van der Waals surface area (Å²) < 4.78 is 17.6. The van der Waals surface area contributed by atoms with Crippen molar-refractivity contribution in [3.8, 4) is 5.75 Å². The fourth-order valence-corrected chi connectivity index (χ4v) is 1.49. The number of hydrogen-bond acceptors (Lipinski definition) is 3. The molecule has 2 aromatic rings. The molecule has 0 radical (unpaired) electrons. The number of nitrogens with one attached hydrogen (secondary N) is 1. The maximum atomic E-state index is 12.1. The summed E-state index contributed by atoms with van der Waals surface area (Å²) in [5.41, 5.74) is 1.04. The second kappa shape index (κ2) is 6.49.